The van der Waals surface area contributed by atoms with E-state index in [0.29, 0.717) is 25.4 Å². The molecule has 0 saturated carbocycles. The second-order valence-electron chi connectivity index (χ2n) is 4.30. The molecule has 1 saturated heterocycles. The molecular formula is C14H15NO3. The Labute approximate surface area is 106 Å². The Balaban J connectivity index is 2.16. The molecule has 0 N–H and O–H groups in total. The number of nitriles is 1. The molecule has 2 rings (SSSR count). The lowest BCUT2D eigenvalue weighted by Gasteiger charge is -2.12. The standard InChI is InChI=1S/C14H15NO3/c1-17-12-4-2-10(3-5-12)13(8-15)14(16)11-6-7-18-9-11/h2-5,11,13H,6-7,9H2,1H3. The van der Waals surface area contributed by atoms with Gasteiger partial charge in [-0.25, -0.2) is 0 Å². The van der Waals surface area contributed by atoms with Crippen LogP contribution in [0, 0.1) is 17.2 Å². The molecule has 1 aliphatic rings. The molecule has 0 bridgehead atoms. The van der Waals surface area contributed by atoms with Crippen LogP contribution in [0.15, 0.2) is 24.3 Å². The minimum Gasteiger partial charge on any atom is -0.497 e. The molecule has 0 radical (unpaired) electrons. The summed E-state index contributed by atoms with van der Waals surface area (Å²) in [7, 11) is 1.58. The molecule has 0 aromatic heterocycles. The summed E-state index contributed by atoms with van der Waals surface area (Å²) in [5.74, 6) is -0.174. The predicted molar refractivity (Wildman–Crippen MR) is 65.3 cm³/mol. The highest BCUT2D eigenvalue weighted by Gasteiger charge is 2.30. The van der Waals surface area contributed by atoms with E-state index in [-0.39, 0.29) is 11.7 Å². The molecule has 1 aromatic rings. The average Bonchev–Trinajstić information content (AvgIpc) is 2.94. The Kier molecular flexibility index (Phi) is 3.96. The molecule has 2 unspecified atom stereocenters. The van der Waals surface area contributed by atoms with Gasteiger partial charge in [0.1, 0.15) is 11.7 Å². The number of nitrogens with zero attached hydrogens (tertiary/aromatic N) is 1. The first-order valence-electron chi connectivity index (χ1n) is 5.91. The van der Waals surface area contributed by atoms with Crippen LogP contribution in [0.1, 0.15) is 17.9 Å². The number of methoxy groups -OCH3 is 1. The third-order valence-electron chi connectivity index (χ3n) is 3.19. The molecule has 0 aliphatic carbocycles. The lowest BCUT2D eigenvalue weighted by molar-refractivity contribution is -0.123. The first kappa shape index (κ1) is 12.6. The maximum Gasteiger partial charge on any atom is 0.159 e. The monoisotopic (exact) mass is 245 g/mol. The molecule has 0 amide bonds. The van der Waals surface area contributed by atoms with Crippen LogP contribution >= 0.6 is 0 Å². The van der Waals surface area contributed by atoms with Crippen molar-refractivity contribution in [3.05, 3.63) is 29.8 Å². The van der Waals surface area contributed by atoms with Crippen molar-refractivity contribution < 1.29 is 14.3 Å². The smallest absolute Gasteiger partial charge is 0.159 e. The van der Waals surface area contributed by atoms with Crippen molar-refractivity contribution >= 4 is 5.78 Å². The van der Waals surface area contributed by atoms with Gasteiger partial charge >= 0.3 is 0 Å². The van der Waals surface area contributed by atoms with Gasteiger partial charge < -0.3 is 9.47 Å². The van der Waals surface area contributed by atoms with Gasteiger partial charge in [-0.05, 0) is 24.1 Å². The molecular weight excluding hydrogens is 230 g/mol. The van der Waals surface area contributed by atoms with Crippen LogP contribution in [-0.4, -0.2) is 26.1 Å². The van der Waals surface area contributed by atoms with Crippen LogP contribution in [0.5, 0.6) is 5.75 Å². The second kappa shape index (κ2) is 5.65. The number of ether oxygens (including phenoxy) is 2. The fourth-order valence-electron chi connectivity index (χ4n) is 2.09. The molecule has 1 fully saturated rings. The van der Waals surface area contributed by atoms with Crippen LogP contribution in [0.2, 0.25) is 0 Å². The third kappa shape index (κ3) is 2.52. The van der Waals surface area contributed by atoms with Gasteiger partial charge in [0.15, 0.2) is 5.78 Å². The van der Waals surface area contributed by atoms with Gasteiger partial charge in [-0.1, -0.05) is 12.1 Å². The van der Waals surface area contributed by atoms with Crippen LogP contribution < -0.4 is 4.74 Å². The number of carbonyl (C=O) groups excluding carboxylic acids is 1. The molecule has 94 valence electrons. The number of hydrogen-bond donors (Lipinski definition) is 0. The van der Waals surface area contributed by atoms with Gasteiger partial charge in [0.05, 0.1) is 19.8 Å². The molecule has 4 nitrogen and oxygen atoms in total. The summed E-state index contributed by atoms with van der Waals surface area (Å²) in [5, 5.41) is 9.19. The highest BCUT2D eigenvalue weighted by molar-refractivity contribution is 5.90. The molecule has 1 aromatic carbocycles. The van der Waals surface area contributed by atoms with Crippen LogP contribution in [-0.2, 0) is 9.53 Å². The average molecular weight is 245 g/mol. The summed E-state index contributed by atoms with van der Waals surface area (Å²) in [6.07, 6.45) is 0.715. The van der Waals surface area contributed by atoms with E-state index in [2.05, 4.69) is 6.07 Å². The molecule has 1 heterocycles. The number of benzene rings is 1. The van der Waals surface area contributed by atoms with Crippen molar-refractivity contribution in [2.45, 2.75) is 12.3 Å². The summed E-state index contributed by atoms with van der Waals surface area (Å²) in [6.45, 7) is 1.05. The van der Waals surface area contributed by atoms with Crippen LogP contribution in [0.3, 0.4) is 0 Å². The van der Waals surface area contributed by atoms with Crippen LogP contribution in [0.25, 0.3) is 0 Å². The van der Waals surface area contributed by atoms with E-state index < -0.39 is 5.92 Å². The zero-order valence-corrected chi connectivity index (χ0v) is 10.3. The first-order valence-corrected chi connectivity index (χ1v) is 5.91. The van der Waals surface area contributed by atoms with E-state index in [1.807, 2.05) is 0 Å². The van der Waals surface area contributed by atoms with E-state index in [9.17, 15) is 10.1 Å². The second-order valence-corrected chi connectivity index (χ2v) is 4.30. The lowest BCUT2D eigenvalue weighted by Crippen LogP contribution is -2.21. The van der Waals surface area contributed by atoms with Crippen molar-refractivity contribution in [3.8, 4) is 11.8 Å². The predicted octanol–water partition coefficient (Wildman–Crippen LogP) is 1.91. The van der Waals surface area contributed by atoms with Gasteiger partial charge in [-0.3, -0.25) is 4.79 Å². The van der Waals surface area contributed by atoms with Gasteiger partial charge in [0.25, 0.3) is 0 Å². The molecule has 4 heteroatoms. The van der Waals surface area contributed by atoms with Crippen molar-refractivity contribution in [2.75, 3.05) is 20.3 Å². The topological polar surface area (TPSA) is 59.3 Å². The maximum absolute atomic E-state index is 12.2. The highest BCUT2D eigenvalue weighted by Crippen LogP contribution is 2.26. The number of rotatable bonds is 4. The largest absolute Gasteiger partial charge is 0.497 e. The number of carbonyl (C=O) groups is 1. The van der Waals surface area contributed by atoms with Crippen molar-refractivity contribution in [1.82, 2.24) is 0 Å². The van der Waals surface area contributed by atoms with E-state index >= 15 is 0 Å². The first-order chi connectivity index (χ1) is 8.76. The van der Waals surface area contributed by atoms with Crippen molar-refractivity contribution in [1.29, 1.82) is 5.26 Å². The summed E-state index contributed by atoms with van der Waals surface area (Å²) in [5.41, 5.74) is 0.718. The molecule has 18 heavy (non-hydrogen) atoms. The van der Waals surface area contributed by atoms with Crippen molar-refractivity contribution in [2.24, 2.45) is 5.92 Å². The lowest BCUT2D eigenvalue weighted by atomic mass is 9.88. The minimum absolute atomic E-state index is 0.0415. The molecule has 1 aliphatic heterocycles. The van der Waals surface area contributed by atoms with E-state index in [1.54, 1.807) is 31.4 Å². The molecule has 0 spiro atoms. The number of Topliss-reactive ketones (excluding diaryl/α,β-unsaturated/α-hetero) is 1. The Morgan fingerprint density at radius 2 is 2.22 bits per heavy atom. The van der Waals surface area contributed by atoms with Gasteiger partial charge in [0.2, 0.25) is 0 Å². The Hall–Kier alpha value is -1.86. The zero-order chi connectivity index (χ0) is 13.0. The zero-order valence-electron chi connectivity index (χ0n) is 10.3. The number of ketones is 1. The fraction of sp³-hybridized carbons (Fsp3) is 0.429. The number of hydrogen-bond acceptors (Lipinski definition) is 4. The van der Waals surface area contributed by atoms with Gasteiger partial charge in [0, 0.05) is 12.5 Å². The normalized spacial score (nSPS) is 20.1. The third-order valence-corrected chi connectivity index (χ3v) is 3.19. The Morgan fingerprint density at radius 3 is 2.72 bits per heavy atom. The Bertz CT molecular complexity index is 455. The van der Waals surface area contributed by atoms with Crippen molar-refractivity contribution in [3.63, 3.8) is 0 Å². The maximum atomic E-state index is 12.2. The minimum atomic E-state index is -0.706. The van der Waals surface area contributed by atoms with Gasteiger partial charge in [-0.15, -0.1) is 0 Å². The fourth-order valence-corrected chi connectivity index (χ4v) is 2.09. The quantitative estimate of drug-likeness (QED) is 0.813. The summed E-state index contributed by atoms with van der Waals surface area (Å²) in [4.78, 5) is 12.2. The SMILES string of the molecule is COc1ccc(C(C#N)C(=O)C2CCOC2)cc1. The van der Waals surface area contributed by atoms with E-state index in [0.717, 1.165) is 5.56 Å². The Morgan fingerprint density at radius 1 is 1.50 bits per heavy atom. The highest BCUT2D eigenvalue weighted by atomic mass is 16.5. The van der Waals surface area contributed by atoms with Crippen LogP contribution in [0.4, 0.5) is 0 Å². The van der Waals surface area contributed by atoms with E-state index in [4.69, 9.17) is 9.47 Å². The van der Waals surface area contributed by atoms with Gasteiger partial charge in [-0.2, -0.15) is 5.26 Å². The summed E-state index contributed by atoms with van der Waals surface area (Å²) < 4.78 is 10.3. The molecule has 2 atom stereocenters. The summed E-state index contributed by atoms with van der Waals surface area (Å²) >= 11 is 0. The van der Waals surface area contributed by atoms with E-state index in [1.165, 1.54) is 0 Å². The summed E-state index contributed by atoms with van der Waals surface area (Å²) in [6, 6.07) is 9.14.